The van der Waals surface area contributed by atoms with Gasteiger partial charge < -0.3 is 4.74 Å². The first-order chi connectivity index (χ1) is 10.1. The maximum Gasteiger partial charge on any atom is 0.238 e. The number of carbonyl (C=O) groups is 1. The van der Waals surface area contributed by atoms with Crippen LogP contribution in [0.2, 0.25) is 0 Å². The Labute approximate surface area is 132 Å². The Morgan fingerprint density at radius 3 is 2.62 bits per heavy atom. The topological polar surface area (TPSA) is 64.3 Å². The number of hydrogen-bond acceptors (Lipinski definition) is 3. The van der Waals surface area contributed by atoms with Gasteiger partial charge in [0.15, 0.2) is 0 Å². The molecule has 5 heteroatoms. The SMILES string of the molecule is Cc1cc(OCc2ccccc2CC(=O)NN)ccc1Br. The summed E-state index contributed by atoms with van der Waals surface area (Å²) in [6.07, 6.45) is 0.245. The minimum Gasteiger partial charge on any atom is -0.489 e. The summed E-state index contributed by atoms with van der Waals surface area (Å²) in [6.45, 7) is 2.42. The zero-order valence-corrected chi connectivity index (χ0v) is 13.3. The monoisotopic (exact) mass is 348 g/mol. The fourth-order valence-corrected chi connectivity index (χ4v) is 2.21. The molecule has 0 bridgehead atoms. The minimum absolute atomic E-state index is 0.220. The number of aryl methyl sites for hydroxylation is 1. The van der Waals surface area contributed by atoms with Crippen LogP contribution in [-0.2, 0) is 17.8 Å². The molecule has 110 valence electrons. The van der Waals surface area contributed by atoms with Crippen molar-refractivity contribution in [2.75, 3.05) is 0 Å². The van der Waals surface area contributed by atoms with Gasteiger partial charge >= 0.3 is 0 Å². The number of amides is 1. The summed E-state index contributed by atoms with van der Waals surface area (Å²) < 4.78 is 6.85. The van der Waals surface area contributed by atoms with Gasteiger partial charge in [-0.2, -0.15) is 0 Å². The molecule has 0 spiro atoms. The average Bonchev–Trinajstić information content (AvgIpc) is 2.49. The van der Waals surface area contributed by atoms with Crippen molar-refractivity contribution in [1.82, 2.24) is 5.43 Å². The highest BCUT2D eigenvalue weighted by atomic mass is 79.9. The van der Waals surface area contributed by atoms with Crippen molar-refractivity contribution >= 4 is 21.8 Å². The number of carbonyl (C=O) groups excluding carboxylic acids is 1. The molecule has 2 aromatic carbocycles. The molecule has 1 amide bonds. The molecule has 0 aromatic heterocycles. The molecule has 0 aliphatic carbocycles. The van der Waals surface area contributed by atoms with Gasteiger partial charge in [-0.25, -0.2) is 5.84 Å². The molecule has 21 heavy (non-hydrogen) atoms. The van der Waals surface area contributed by atoms with Gasteiger partial charge in [-0.1, -0.05) is 40.2 Å². The molecule has 3 N–H and O–H groups in total. The van der Waals surface area contributed by atoms with E-state index in [0.29, 0.717) is 6.61 Å². The van der Waals surface area contributed by atoms with E-state index >= 15 is 0 Å². The van der Waals surface area contributed by atoms with Crippen LogP contribution in [0.5, 0.6) is 5.75 Å². The Balaban J connectivity index is 2.09. The Morgan fingerprint density at radius 1 is 1.24 bits per heavy atom. The third kappa shape index (κ3) is 4.31. The van der Waals surface area contributed by atoms with Crippen LogP contribution in [0, 0.1) is 6.92 Å². The second-order valence-corrected chi connectivity index (χ2v) is 5.57. The lowest BCUT2D eigenvalue weighted by atomic mass is 10.1. The van der Waals surface area contributed by atoms with Crippen molar-refractivity contribution in [2.24, 2.45) is 5.84 Å². The van der Waals surface area contributed by atoms with Gasteiger partial charge in [0.25, 0.3) is 0 Å². The van der Waals surface area contributed by atoms with Crippen molar-refractivity contribution in [3.8, 4) is 5.75 Å². The molecule has 0 heterocycles. The van der Waals surface area contributed by atoms with Crippen molar-refractivity contribution in [1.29, 1.82) is 0 Å². The molecule has 0 fully saturated rings. The molecule has 2 aromatic rings. The largest absolute Gasteiger partial charge is 0.489 e. The number of hydrazine groups is 1. The quantitative estimate of drug-likeness (QED) is 0.496. The lowest BCUT2D eigenvalue weighted by Crippen LogP contribution is -2.31. The highest BCUT2D eigenvalue weighted by Gasteiger charge is 2.07. The van der Waals surface area contributed by atoms with E-state index in [1.165, 1.54) is 0 Å². The van der Waals surface area contributed by atoms with Gasteiger partial charge in [-0.3, -0.25) is 10.2 Å². The van der Waals surface area contributed by atoms with Crippen molar-refractivity contribution in [2.45, 2.75) is 20.0 Å². The van der Waals surface area contributed by atoms with Crippen molar-refractivity contribution in [3.63, 3.8) is 0 Å². The second-order valence-electron chi connectivity index (χ2n) is 4.71. The molecule has 0 saturated carbocycles. The summed E-state index contributed by atoms with van der Waals surface area (Å²) in [5.41, 5.74) is 5.14. The lowest BCUT2D eigenvalue weighted by Gasteiger charge is -2.11. The zero-order valence-electron chi connectivity index (χ0n) is 11.7. The summed E-state index contributed by atoms with van der Waals surface area (Å²) in [5, 5.41) is 0. The molecular weight excluding hydrogens is 332 g/mol. The molecule has 0 aliphatic rings. The minimum atomic E-state index is -0.220. The smallest absolute Gasteiger partial charge is 0.238 e. The van der Waals surface area contributed by atoms with E-state index < -0.39 is 0 Å². The first kappa shape index (κ1) is 15.5. The number of halogens is 1. The predicted octanol–water partition coefficient (Wildman–Crippen LogP) is 2.87. The molecule has 0 atom stereocenters. The molecule has 0 saturated heterocycles. The fourth-order valence-electron chi connectivity index (χ4n) is 1.96. The van der Waals surface area contributed by atoms with Gasteiger partial charge in [0.05, 0.1) is 6.42 Å². The molecular formula is C16H17BrN2O2. The number of nitrogens with one attached hydrogen (secondary N) is 1. The number of ether oxygens (including phenoxy) is 1. The Bertz CT molecular complexity index is 644. The number of rotatable bonds is 5. The maximum absolute atomic E-state index is 11.4. The van der Waals surface area contributed by atoms with Crippen LogP contribution in [-0.4, -0.2) is 5.91 Å². The molecule has 0 radical (unpaired) electrons. The molecule has 4 nitrogen and oxygen atoms in total. The second kappa shape index (κ2) is 7.24. The molecule has 0 unspecified atom stereocenters. The molecule has 0 aliphatic heterocycles. The van der Waals surface area contributed by atoms with Crippen molar-refractivity contribution in [3.05, 3.63) is 63.6 Å². The highest BCUT2D eigenvalue weighted by Crippen LogP contribution is 2.22. The first-order valence-corrected chi connectivity index (χ1v) is 7.34. The van der Waals surface area contributed by atoms with Gasteiger partial charge in [-0.05, 0) is 41.8 Å². The van der Waals surface area contributed by atoms with Crippen LogP contribution < -0.4 is 16.0 Å². The lowest BCUT2D eigenvalue weighted by molar-refractivity contribution is -0.120. The third-order valence-electron chi connectivity index (χ3n) is 3.15. The summed E-state index contributed by atoms with van der Waals surface area (Å²) in [5.74, 6) is 5.71. The summed E-state index contributed by atoms with van der Waals surface area (Å²) >= 11 is 3.46. The van der Waals surface area contributed by atoms with E-state index in [2.05, 4.69) is 21.4 Å². The van der Waals surface area contributed by atoms with Gasteiger partial charge in [0, 0.05) is 4.47 Å². The normalized spacial score (nSPS) is 10.2. The highest BCUT2D eigenvalue weighted by molar-refractivity contribution is 9.10. The summed E-state index contributed by atoms with van der Waals surface area (Å²) in [6, 6.07) is 13.5. The standard InChI is InChI=1S/C16H17BrN2O2/c1-11-8-14(6-7-15(11)17)21-10-13-5-3-2-4-12(13)9-16(20)19-18/h2-8H,9-10,18H2,1H3,(H,19,20). The van der Waals surface area contributed by atoms with E-state index in [9.17, 15) is 4.79 Å². The number of nitrogens with two attached hydrogens (primary N) is 1. The van der Waals surface area contributed by atoms with E-state index in [-0.39, 0.29) is 12.3 Å². The van der Waals surface area contributed by atoms with Gasteiger partial charge in [0.2, 0.25) is 5.91 Å². The maximum atomic E-state index is 11.4. The van der Waals surface area contributed by atoms with E-state index in [1.54, 1.807) is 0 Å². The summed E-state index contributed by atoms with van der Waals surface area (Å²) in [4.78, 5) is 11.4. The Morgan fingerprint density at radius 2 is 1.95 bits per heavy atom. The Hall–Kier alpha value is -1.85. The van der Waals surface area contributed by atoms with E-state index in [0.717, 1.165) is 26.9 Å². The number of hydrogen-bond donors (Lipinski definition) is 2. The van der Waals surface area contributed by atoms with Crippen LogP contribution in [0.4, 0.5) is 0 Å². The fraction of sp³-hybridized carbons (Fsp3) is 0.188. The van der Waals surface area contributed by atoms with E-state index in [4.69, 9.17) is 10.6 Å². The van der Waals surface area contributed by atoms with Crippen LogP contribution in [0.25, 0.3) is 0 Å². The van der Waals surface area contributed by atoms with Crippen LogP contribution in [0.3, 0.4) is 0 Å². The Kier molecular flexibility index (Phi) is 5.36. The van der Waals surface area contributed by atoms with Crippen LogP contribution >= 0.6 is 15.9 Å². The van der Waals surface area contributed by atoms with Gasteiger partial charge in [0.1, 0.15) is 12.4 Å². The van der Waals surface area contributed by atoms with Crippen molar-refractivity contribution < 1.29 is 9.53 Å². The van der Waals surface area contributed by atoms with E-state index in [1.807, 2.05) is 49.4 Å². The number of benzene rings is 2. The zero-order chi connectivity index (χ0) is 15.2. The first-order valence-electron chi connectivity index (χ1n) is 6.55. The van der Waals surface area contributed by atoms with Gasteiger partial charge in [-0.15, -0.1) is 0 Å². The average molecular weight is 349 g/mol. The summed E-state index contributed by atoms with van der Waals surface area (Å²) in [7, 11) is 0. The third-order valence-corrected chi connectivity index (χ3v) is 4.04. The van der Waals surface area contributed by atoms with Crippen LogP contribution in [0.1, 0.15) is 16.7 Å². The van der Waals surface area contributed by atoms with Crippen LogP contribution in [0.15, 0.2) is 46.9 Å². The molecule has 2 rings (SSSR count). The predicted molar refractivity (Wildman–Crippen MR) is 85.7 cm³/mol.